The van der Waals surface area contributed by atoms with E-state index in [4.69, 9.17) is 36.1 Å². The van der Waals surface area contributed by atoms with Gasteiger partial charge in [-0.1, -0.05) is 60.7 Å². The lowest BCUT2D eigenvalue weighted by molar-refractivity contribution is -0.142. The number of hydrazine groups is 1. The molecule has 0 aliphatic carbocycles. The van der Waals surface area contributed by atoms with Crippen LogP contribution in [0.4, 0.5) is 9.59 Å². The lowest BCUT2D eigenvalue weighted by Crippen LogP contribution is -2.37. The summed E-state index contributed by atoms with van der Waals surface area (Å²) in [5.74, 6) is 0.140. The Bertz CT molecular complexity index is 2340. The Balaban J connectivity index is 0.913. The highest BCUT2D eigenvalue weighted by Crippen LogP contribution is 2.38. The average molecular weight is 815 g/mol. The minimum atomic E-state index is -1.16. The molecular formula is C42H46N12O6. The molecule has 4 aliphatic rings. The summed E-state index contributed by atoms with van der Waals surface area (Å²) in [5.41, 5.74) is 15.3. The number of benzene rings is 2. The van der Waals surface area contributed by atoms with Gasteiger partial charge in [-0.15, -0.1) is 0 Å². The number of rotatable bonds is 11. The van der Waals surface area contributed by atoms with Crippen LogP contribution in [-0.2, 0) is 19.1 Å². The molecule has 4 aromatic rings. The SMILES string of the molecule is CC1=C(C)N(N2C=CC(c3cnc(C4CCCN4C(=O)[C@H](OC(N)=O)c4ccccc4)[nH]3)C=N2)N=CC1c1cnc(C2CCCN2C(=O)[C@H](OC(N)=O)c2ccccc2)[nH]1. The zero-order valence-electron chi connectivity index (χ0n) is 33.1. The van der Waals surface area contributed by atoms with E-state index in [2.05, 4.69) is 15.0 Å². The fourth-order valence-corrected chi connectivity index (χ4v) is 8.24. The van der Waals surface area contributed by atoms with Crippen LogP contribution in [0.2, 0.25) is 0 Å². The first-order chi connectivity index (χ1) is 29.1. The first-order valence-corrected chi connectivity index (χ1v) is 19.8. The Kier molecular flexibility index (Phi) is 11.2. The van der Waals surface area contributed by atoms with Gasteiger partial charge in [0.05, 0.1) is 29.6 Å². The summed E-state index contributed by atoms with van der Waals surface area (Å²) in [6.45, 7) is 4.97. The molecule has 310 valence electrons. The summed E-state index contributed by atoms with van der Waals surface area (Å²) >= 11 is 0. The van der Waals surface area contributed by atoms with Crippen LogP contribution in [-0.4, -0.2) is 89.5 Å². The van der Waals surface area contributed by atoms with E-state index in [0.717, 1.165) is 35.5 Å². The van der Waals surface area contributed by atoms with Crippen LogP contribution in [0.5, 0.6) is 0 Å². The molecule has 0 spiro atoms. The molecule has 0 radical (unpaired) electrons. The third-order valence-electron chi connectivity index (χ3n) is 11.4. The van der Waals surface area contributed by atoms with Crippen molar-refractivity contribution < 1.29 is 28.7 Å². The number of hydrogen-bond acceptors (Lipinski definition) is 12. The number of nitrogens with two attached hydrogens (primary N) is 2. The molecule has 4 amide bonds. The Morgan fingerprint density at radius 2 is 1.23 bits per heavy atom. The van der Waals surface area contributed by atoms with E-state index in [9.17, 15) is 19.2 Å². The number of primary amides is 2. The first kappa shape index (κ1) is 39.6. The Morgan fingerprint density at radius 3 is 1.73 bits per heavy atom. The van der Waals surface area contributed by atoms with Crippen LogP contribution < -0.4 is 11.5 Å². The van der Waals surface area contributed by atoms with E-state index in [1.165, 1.54) is 0 Å². The number of nitrogens with zero attached hydrogens (tertiary/aromatic N) is 8. The van der Waals surface area contributed by atoms with Gasteiger partial charge in [0.25, 0.3) is 11.8 Å². The van der Waals surface area contributed by atoms with Crippen molar-refractivity contribution in [3.63, 3.8) is 0 Å². The van der Waals surface area contributed by atoms with Crippen molar-refractivity contribution in [3.8, 4) is 0 Å². The Labute approximate surface area is 345 Å². The van der Waals surface area contributed by atoms with Gasteiger partial charge in [0, 0.05) is 66.6 Å². The van der Waals surface area contributed by atoms with E-state index < -0.39 is 24.4 Å². The molecule has 6 N–H and O–H groups in total. The number of nitrogens with one attached hydrogen (secondary N) is 2. The summed E-state index contributed by atoms with van der Waals surface area (Å²) in [6.07, 6.45) is 9.50. The Hall–Kier alpha value is -7.24. The fraction of sp³-hybridized carbons (Fsp3) is 0.333. The second-order valence-corrected chi connectivity index (χ2v) is 15.0. The van der Waals surface area contributed by atoms with Crippen molar-refractivity contribution in [2.24, 2.45) is 21.7 Å². The van der Waals surface area contributed by atoms with Gasteiger partial charge in [-0.2, -0.15) is 20.4 Å². The maximum atomic E-state index is 13.8. The molecule has 4 aliphatic heterocycles. The number of likely N-dealkylation sites (tertiary alicyclic amines) is 2. The van der Waals surface area contributed by atoms with E-state index in [1.807, 2.05) is 44.5 Å². The fourth-order valence-electron chi connectivity index (χ4n) is 8.24. The van der Waals surface area contributed by atoms with Crippen molar-refractivity contribution >= 4 is 36.4 Å². The van der Waals surface area contributed by atoms with Crippen LogP contribution in [0.25, 0.3) is 0 Å². The van der Waals surface area contributed by atoms with Crippen LogP contribution in [0, 0.1) is 0 Å². The summed E-state index contributed by atoms with van der Waals surface area (Å²) < 4.78 is 10.6. The quantitative estimate of drug-likeness (QED) is 0.152. The van der Waals surface area contributed by atoms with Crippen LogP contribution >= 0.6 is 0 Å². The summed E-state index contributed by atoms with van der Waals surface area (Å²) in [7, 11) is 0. The zero-order valence-corrected chi connectivity index (χ0v) is 33.1. The van der Waals surface area contributed by atoms with Gasteiger partial charge in [-0.25, -0.2) is 19.6 Å². The lowest BCUT2D eigenvalue weighted by atomic mass is 9.96. The van der Waals surface area contributed by atoms with Gasteiger partial charge >= 0.3 is 12.2 Å². The first-order valence-electron chi connectivity index (χ1n) is 19.8. The molecule has 60 heavy (non-hydrogen) atoms. The van der Waals surface area contributed by atoms with Gasteiger partial charge in [-0.3, -0.25) is 9.59 Å². The van der Waals surface area contributed by atoms with Crippen molar-refractivity contribution in [1.82, 2.24) is 40.0 Å². The third kappa shape index (κ3) is 7.95. The molecule has 8 rings (SSSR count). The lowest BCUT2D eigenvalue weighted by Gasteiger charge is -2.34. The second-order valence-electron chi connectivity index (χ2n) is 15.0. The second kappa shape index (κ2) is 16.9. The number of aromatic nitrogens is 4. The number of H-pyrrole nitrogens is 2. The molecule has 2 aromatic carbocycles. The highest BCUT2D eigenvalue weighted by Gasteiger charge is 2.40. The molecule has 6 heterocycles. The molecule has 18 nitrogen and oxygen atoms in total. The predicted octanol–water partition coefficient (Wildman–Crippen LogP) is 5.33. The van der Waals surface area contributed by atoms with E-state index >= 15 is 0 Å². The number of carbonyl (C=O) groups excluding carboxylic acids is 4. The molecule has 6 atom stereocenters. The van der Waals surface area contributed by atoms with Crippen molar-refractivity contribution in [2.45, 2.75) is 75.7 Å². The van der Waals surface area contributed by atoms with Crippen LogP contribution in [0.15, 0.2) is 107 Å². The monoisotopic (exact) mass is 814 g/mol. The number of aromatic amines is 2. The number of amides is 4. The number of ether oxygens (including phenoxy) is 2. The highest BCUT2D eigenvalue weighted by atomic mass is 16.6. The number of imidazole rings is 2. The van der Waals surface area contributed by atoms with Gasteiger partial charge < -0.3 is 40.7 Å². The maximum Gasteiger partial charge on any atom is 0.405 e. The van der Waals surface area contributed by atoms with E-state index in [1.54, 1.807) is 87.2 Å². The van der Waals surface area contributed by atoms with E-state index in [-0.39, 0.29) is 35.7 Å². The number of allylic oxidation sites excluding steroid dienone is 3. The molecule has 18 heteroatoms. The van der Waals surface area contributed by atoms with Crippen LogP contribution in [0.1, 0.15) is 110 Å². The number of carbonyl (C=O) groups is 4. The van der Waals surface area contributed by atoms with Gasteiger partial charge in [-0.05, 0) is 51.2 Å². The maximum absolute atomic E-state index is 13.8. The topological polar surface area (TPSA) is 234 Å². The highest BCUT2D eigenvalue weighted by molar-refractivity contribution is 5.86. The normalized spacial score (nSPS) is 22.3. The summed E-state index contributed by atoms with van der Waals surface area (Å²) in [6, 6.07) is 17.0. The molecule has 2 aromatic heterocycles. The standard InChI is InChI=1S/C42H46N12O6/c1-25-26(2)54(48-22-30(25)32-24-46-38(50-32)34-16-10-19-52(34)40(56)36(60-42(44)58)28-13-7-4-8-14-28)53-20-17-29(21-47-53)31-23-45-37(49-31)33-15-9-18-51(33)39(55)35(59-41(43)57)27-11-5-3-6-12-27/h3-8,11-14,17,20-24,29-30,33-36H,9-10,15-16,18-19H2,1-2H3,(H2,43,57)(H2,44,58)(H,45,49)(H,46,50)/t29?,30?,33?,34?,35-,36-/m1/s1. The molecule has 2 fully saturated rings. The zero-order chi connectivity index (χ0) is 41.9. The van der Waals surface area contributed by atoms with Crippen molar-refractivity contribution in [3.05, 3.63) is 131 Å². The third-order valence-corrected chi connectivity index (χ3v) is 11.4. The summed E-state index contributed by atoms with van der Waals surface area (Å²) in [4.78, 5) is 70.7. The van der Waals surface area contributed by atoms with E-state index in [0.29, 0.717) is 48.7 Å². The van der Waals surface area contributed by atoms with Crippen molar-refractivity contribution in [2.75, 3.05) is 13.1 Å². The van der Waals surface area contributed by atoms with Gasteiger partial charge in [0.15, 0.2) is 0 Å². The predicted molar refractivity (Wildman–Crippen MR) is 218 cm³/mol. The number of hydrogen-bond donors (Lipinski definition) is 4. The molecular weight excluding hydrogens is 769 g/mol. The molecule has 2 saturated heterocycles. The van der Waals surface area contributed by atoms with Gasteiger partial charge in [0.1, 0.15) is 11.6 Å². The van der Waals surface area contributed by atoms with Crippen LogP contribution in [0.3, 0.4) is 0 Å². The Morgan fingerprint density at radius 1 is 0.717 bits per heavy atom. The average Bonchev–Trinajstić information content (AvgIpc) is 4.10. The summed E-state index contributed by atoms with van der Waals surface area (Å²) in [5, 5.41) is 12.8. The smallest absolute Gasteiger partial charge is 0.405 e. The minimum absolute atomic E-state index is 0.204. The van der Waals surface area contributed by atoms with Crippen molar-refractivity contribution in [1.29, 1.82) is 0 Å². The largest absolute Gasteiger partial charge is 0.431 e. The minimum Gasteiger partial charge on any atom is -0.431 e. The van der Waals surface area contributed by atoms with Gasteiger partial charge in [0.2, 0.25) is 12.2 Å². The molecule has 0 bridgehead atoms. The molecule has 0 saturated carbocycles. The molecule has 4 unspecified atom stereocenters. The number of hydrazone groups is 2.